The van der Waals surface area contributed by atoms with Crippen LogP contribution < -0.4 is 11.5 Å². The molecule has 0 aliphatic heterocycles. The molecule has 0 aliphatic carbocycles. The van der Waals surface area contributed by atoms with E-state index in [2.05, 4.69) is 15.4 Å². The number of benzene rings is 1. The van der Waals surface area contributed by atoms with Crippen LogP contribution in [0.3, 0.4) is 0 Å². The highest BCUT2D eigenvalue weighted by Gasteiger charge is 2.07. The molecule has 0 saturated heterocycles. The highest BCUT2D eigenvalue weighted by atomic mass is 16.1. The molecule has 0 aliphatic rings. The Labute approximate surface area is 108 Å². The van der Waals surface area contributed by atoms with Crippen LogP contribution in [0, 0.1) is 0 Å². The van der Waals surface area contributed by atoms with Crippen molar-refractivity contribution in [1.29, 1.82) is 0 Å². The fourth-order valence-corrected chi connectivity index (χ4v) is 1.45. The van der Waals surface area contributed by atoms with Gasteiger partial charge in [-0.25, -0.2) is 0 Å². The highest BCUT2D eigenvalue weighted by Crippen LogP contribution is 2.14. The van der Waals surface area contributed by atoms with Crippen molar-refractivity contribution in [2.75, 3.05) is 0 Å². The second kappa shape index (κ2) is 5.25. The Morgan fingerprint density at radius 1 is 1.16 bits per heavy atom. The van der Waals surface area contributed by atoms with Gasteiger partial charge in [-0.2, -0.15) is 4.80 Å². The highest BCUT2D eigenvalue weighted by molar-refractivity contribution is 5.93. The molecule has 1 aromatic carbocycles. The van der Waals surface area contributed by atoms with Crippen LogP contribution in [0.5, 0.6) is 0 Å². The summed E-state index contributed by atoms with van der Waals surface area (Å²) in [6, 6.07) is 6.52. The van der Waals surface area contributed by atoms with Crippen LogP contribution in [0.1, 0.15) is 16.8 Å². The largest absolute Gasteiger partial charge is 0.370 e. The van der Waals surface area contributed by atoms with E-state index in [0.29, 0.717) is 17.0 Å². The molecule has 2 rings (SSSR count). The van der Waals surface area contributed by atoms with Crippen LogP contribution in [0.2, 0.25) is 0 Å². The monoisotopic (exact) mass is 260 g/mol. The number of aromatic nitrogens is 4. The number of nitrogens with zero attached hydrogens (tertiary/aromatic N) is 4. The summed E-state index contributed by atoms with van der Waals surface area (Å²) in [6.45, 7) is 0.279. The molecular weight excluding hydrogens is 248 g/mol. The number of tetrazole rings is 1. The molecule has 2 aromatic rings. The number of carbonyl (C=O) groups is 2. The van der Waals surface area contributed by atoms with Crippen LogP contribution in [0.4, 0.5) is 0 Å². The maximum absolute atomic E-state index is 10.9. The number of primary amides is 2. The summed E-state index contributed by atoms with van der Waals surface area (Å²) in [5, 5.41) is 11.7. The van der Waals surface area contributed by atoms with E-state index < -0.39 is 11.8 Å². The van der Waals surface area contributed by atoms with Crippen molar-refractivity contribution in [3.8, 4) is 11.4 Å². The zero-order chi connectivity index (χ0) is 13.8. The maximum atomic E-state index is 10.9. The van der Waals surface area contributed by atoms with Crippen molar-refractivity contribution in [2.45, 2.75) is 13.0 Å². The number of carbonyl (C=O) groups excluding carboxylic acids is 2. The number of aryl methyl sites for hydroxylation is 1. The van der Waals surface area contributed by atoms with Gasteiger partial charge >= 0.3 is 0 Å². The Kier molecular flexibility index (Phi) is 3.51. The fourth-order valence-electron chi connectivity index (χ4n) is 1.45. The maximum Gasteiger partial charge on any atom is 0.248 e. The molecule has 1 aromatic heterocycles. The molecular formula is C11H12N6O2. The molecule has 0 radical (unpaired) electrons. The van der Waals surface area contributed by atoms with E-state index in [1.165, 1.54) is 4.80 Å². The molecule has 0 saturated carbocycles. The first-order chi connectivity index (χ1) is 9.06. The predicted octanol–water partition coefficient (Wildman–Crippen LogP) is -0.686. The van der Waals surface area contributed by atoms with E-state index in [4.69, 9.17) is 11.5 Å². The van der Waals surface area contributed by atoms with Gasteiger partial charge in [-0.1, -0.05) is 12.1 Å². The molecule has 4 N–H and O–H groups in total. The van der Waals surface area contributed by atoms with Crippen LogP contribution in [-0.2, 0) is 11.3 Å². The van der Waals surface area contributed by atoms with Gasteiger partial charge in [0.1, 0.15) is 0 Å². The second-order valence-electron chi connectivity index (χ2n) is 3.87. The number of rotatable bonds is 5. The molecule has 2 amide bonds. The molecule has 0 spiro atoms. The van der Waals surface area contributed by atoms with Gasteiger partial charge in [0.05, 0.1) is 6.54 Å². The van der Waals surface area contributed by atoms with Crippen LogP contribution in [0.25, 0.3) is 11.4 Å². The number of hydrogen-bond acceptors (Lipinski definition) is 5. The van der Waals surface area contributed by atoms with Gasteiger partial charge in [-0.05, 0) is 17.3 Å². The summed E-state index contributed by atoms with van der Waals surface area (Å²) in [5.41, 5.74) is 11.3. The molecule has 8 heteroatoms. The quantitative estimate of drug-likeness (QED) is 0.735. The SMILES string of the molecule is NC(=O)CCn1nnc(-c2ccc(C(N)=O)cc2)n1. The van der Waals surface area contributed by atoms with E-state index in [9.17, 15) is 9.59 Å². The lowest BCUT2D eigenvalue weighted by molar-refractivity contribution is -0.118. The number of hydrogen-bond donors (Lipinski definition) is 2. The lowest BCUT2D eigenvalue weighted by atomic mass is 10.1. The fraction of sp³-hybridized carbons (Fsp3) is 0.182. The summed E-state index contributed by atoms with van der Waals surface area (Å²) in [5.74, 6) is -0.519. The lowest BCUT2D eigenvalue weighted by Gasteiger charge is -1.97. The zero-order valence-electron chi connectivity index (χ0n) is 9.98. The van der Waals surface area contributed by atoms with Gasteiger partial charge in [-0.15, -0.1) is 10.2 Å². The standard InChI is InChI=1S/C11H12N6O2/c12-9(18)5-6-17-15-11(14-16-17)8-3-1-7(2-4-8)10(13)19/h1-4H,5-6H2,(H2,12,18)(H2,13,19). The van der Waals surface area contributed by atoms with E-state index in [1.807, 2.05) is 0 Å². The Hall–Kier alpha value is -2.77. The third-order valence-electron chi connectivity index (χ3n) is 2.44. The zero-order valence-corrected chi connectivity index (χ0v) is 9.98. The minimum atomic E-state index is -0.496. The van der Waals surface area contributed by atoms with Gasteiger partial charge in [0.15, 0.2) is 0 Å². The van der Waals surface area contributed by atoms with Crippen molar-refractivity contribution in [3.05, 3.63) is 29.8 Å². The van der Waals surface area contributed by atoms with Crippen molar-refractivity contribution in [1.82, 2.24) is 20.2 Å². The first-order valence-corrected chi connectivity index (χ1v) is 5.52. The van der Waals surface area contributed by atoms with Crippen molar-refractivity contribution in [2.24, 2.45) is 11.5 Å². The molecule has 19 heavy (non-hydrogen) atoms. The third kappa shape index (κ3) is 3.12. The average molecular weight is 260 g/mol. The van der Waals surface area contributed by atoms with Crippen LogP contribution in [0.15, 0.2) is 24.3 Å². The molecule has 8 nitrogen and oxygen atoms in total. The van der Waals surface area contributed by atoms with Crippen molar-refractivity contribution in [3.63, 3.8) is 0 Å². The van der Waals surface area contributed by atoms with Gasteiger partial charge in [-0.3, -0.25) is 9.59 Å². The Balaban J connectivity index is 2.13. The Bertz CT molecular complexity index is 604. The topological polar surface area (TPSA) is 130 Å². The van der Waals surface area contributed by atoms with Crippen molar-refractivity contribution >= 4 is 11.8 Å². The van der Waals surface area contributed by atoms with Gasteiger partial charge < -0.3 is 11.5 Å². The van der Waals surface area contributed by atoms with Crippen molar-refractivity contribution < 1.29 is 9.59 Å². The molecule has 0 fully saturated rings. The Morgan fingerprint density at radius 2 is 1.84 bits per heavy atom. The first-order valence-electron chi connectivity index (χ1n) is 5.52. The van der Waals surface area contributed by atoms with Gasteiger partial charge in [0.25, 0.3) is 0 Å². The predicted molar refractivity (Wildman–Crippen MR) is 65.6 cm³/mol. The summed E-state index contributed by atoms with van der Waals surface area (Å²) >= 11 is 0. The average Bonchev–Trinajstić information content (AvgIpc) is 2.85. The minimum Gasteiger partial charge on any atom is -0.370 e. The molecule has 1 heterocycles. The van der Waals surface area contributed by atoms with E-state index in [0.717, 1.165) is 0 Å². The third-order valence-corrected chi connectivity index (χ3v) is 2.44. The summed E-state index contributed by atoms with van der Waals surface area (Å²) < 4.78 is 0. The van der Waals surface area contributed by atoms with Crippen LogP contribution >= 0.6 is 0 Å². The van der Waals surface area contributed by atoms with Crippen LogP contribution in [-0.4, -0.2) is 32.0 Å². The van der Waals surface area contributed by atoms with Gasteiger partial charge in [0, 0.05) is 17.5 Å². The number of amides is 2. The minimum absolute atomic E-state index is 0.149. The summed E-state index contributed by atoms with van der Waals surface area (Å²) in [7, 11) is 0. The van der Waals surface area contributed by atoms with Gasteiger partial charge in [0.2, 0.25) is 17.6 Å². The number of nitrogens with two attached hydrogens (primary N) is 2. The normalized spacial score (nSPS) is 10.3. The molecule has 0 bridgehead atoms. The van der Waals surface area contributed by atoms with E-state index in [1.54, 1.807) is 24.3 Å². The molecule has 0 atom stereocenters. The smallest absolute Gasteiger partial charge is 0.248 e. The summed E-state index contributed by atoms with van der Waals surface area (Å²) in [4.78, 5) is 22.9. The summed E-state index contributed by atoms with van der Waals surface area (Å²) in [6.07, 6.45) is 0.149. The lowest BCUT2D eigenvalue weighted by Crippen LogP contribution is -2.15. The second-order valence-corrected chi connectivity index (χ2v) is 3.87. The van der Waals surface area contributed by atoms with E-state index in [-0.39, 0.29) is 13.0 Å². The molecule has 98 valence electrons. The van der Waals surface area contributed by atoms with E-state index >= 15 is 0 Å². The first kappa shape index (κ1) is 12.7. The molecule has 0 unspecified atom stereocenters. The Morgan fingerprint density at radius 3 is 2.42 bits per heavy atom.